The van der Waals surface area contributed by atoms with E-state index in [-0.39, 0.29) is 5.75 Å². The number of methoxy groups -OCH3 is 1. The van der Waals surface area contributed by atoms with Crippen molar-refractivity contribution in [3.8, 4) is 11.5 Å². The molecule has 0 amide bonds. The van der Waals surface area contributed by atoms with Gasteiger partial charge in [0.05, 0.1) is 12.7 Å². The van der Waals surface area contributed by atoms with E-state index >= 15 is 0 Å². The molecular weight excluding hydrogens is 364 g/mol. The van der Waals surface area contributed by atoms with Crippen molar-refractivity contribution in [2.24, 2.45) is 0 Å². The van der Waals surface area contributed by atoms with Gasteiger partial charge in [-0.25, -0.2) is 4.79 Å². The highest BCUT2D eigenvalue weighted by Gasteiger charge is 2.15. The number of aryl methyl sites for hydroxylation is 1. The molecule has 6 nitrogen and oxygen atoms in total. The van der Waals surface area contributed by atoms with Crippen molar-refractivity contribution in [3.05, 3.63) is 71.6 Å². The minimum absolute atomic E-state index is 0.238. The summed E-state index contributed by atoms with van der Waals surface area (Å²) >= 11 is -1.06. The van der Waals surface area contributed by atoms with Crippen LogP contribution in [0, 0.1) is 0 Å². The van der Waals surface area contributed by atoms with Crippen molar-refractivity contribution >= 4 is 17.1 Å². The van der Waals surface area contributed by atoms with E-state index < -0.39 is 17.1 Å². The van der Waals surface area contributed by atoms with Crippen LogP contribution in [0.15, 0.2) is 59.0 Å². The van der Waals surface area contributed by atoms with E-state index in [4.69, 9.17) is 4.42 Å². The highest BCUT2D eigenvalue weighted by molar-refractivity contribution is 7.90. The molecule has 1 atom stereocenters. The summed E-state index contributed by atoms with van der Waals surface area (Å²) in [5.74, 6) is 1.10. The standard InChI is InChI=1S/C20H20N2O4S/c1-25-20(23)17-11-9-16(10-12-17)19-22-21-18(26-19)14-27(24)13-5-8-15-6-3-2-4-7-15/h2-4,6-7,9-12H,5,8,13-14H2,1H3. The number of esters is 1. The van der Waals surface area contributed by atoms with Gasteiger partial charge in [0.2, 0.25) is 5.89 Å². The van der Waals surface area contributed by atoms with Crippen LogP contribution >= 0.6 is 0 Å². The Hall–Kier alpha value is -2.64. The number of ether oxygens (including phenoxy) is 1. The van der Waals surface area contributed by atoms with E-state index in [1.165, 1.54) is 12.7 Å². The van der Waals surface area contributed by atoms with Crippen LogP contribution in [0.5, 0.6) is 0 Å². The van der Waals surface area contributed by atoms with E-state index in [0.29, 0.717) is 28.7 Å². The van der Waals surface area contributed by atoms with E-state index in [1.807, 2.05) is 18.2 Å². The Morgan fingerprint density at radius 1 is 1.11 bits per heavy atom. The molecule has 27 heavy (non-hydrogen) atoms. The first-order chi connectivity index (χ1) is 13.2. The van der Waals surface area contributed by atoms with Crippen LogP contribution in [0.1, 0.15) is 28.2 Å². The fraction of sp³-hybridized carbons (Fsp3) is 0.250. The molecule has 1 unspecified atom stereocenters. The molecule has 1 heterocycles. The maximum Gasteiger partial charge on any atom is 0.337 e. The first kappa shape index (κ1) is 19.1. The Balaban J connectivity index is 1.52. The van der Waals surface area contributed by atoms with Crippen LogP contribution in [-0.2, 0) is 28.1 Å². The zero-order valence-corrected chi connectivity index (χ0v) is 15.8. The number of carbonyl (C=O) groups is 1. The first-order valence-electron chi connectivity index (χ1n) is 8.56. The molecule has 1 aromatic heterocycles. The zero-order valence-electron chi connectivity index (χ0n) is 15.0. The lowest BCUT2D eigenvalue weighted by Gasteiger charge is -2.08. The summed E-state index contributed by atoms with van der Waals surface area (Å²) in [5, 5.41) is 7.97. The maximum absolute atomic E-state index is 12.2. The molecule has 3 rings (SSSR count). The van der Waals surface area contributed by atoms with Crippen LogP contribution in [0.3, 0.4) is 0 Å². The van der Waals surface area contributed by atoms with Crippen LogP contribution in [0.2, 0.25) is 0 Å². The fourth-order valence-corrected chi connectivity index (χ4v) is 3.59. The van der Waals surface area contributed by atoms with Crippen molar-refractivity contribution < 1.29 is 18.5 Å². The summed E-state index contributed by atoms with van der Waals surface area (Å²) in [7, 11) is 1.33. The maximum atomic E-state index is 12.2. The Morgan fingerprint density at radius 3 is 2.56 bits per heavy atom. The van der Waals surface area contributed by atoms with Crippen LogP contribution in [0.25, 0.3) is 11.5 Å². The number of hydrogen-bond donors (Lipinski definition) is 0. The van der Waals surface area contributed by atoms with Gasteiger partial charge in [0, 0.05) is 5.56 Å². The molecule has 140 valence electrons. The fourth-order valence-electron chi connectivity index (χ4n) is 2.59. The summed E-state index contributed by atoms with van der Waals surface area (Å²) < 4.78 is 22.5. The lowest BCUT2D eigenvalue weighted by Crippen LogP contribution is -2.10. The molecule has 0 saturated heterocycles. The highest BCUT2D eigenvalue weighted by Crippen LogP contribution is 2.20. The molecule has 0 radical (unpaired) electrons. The van der Waals surface area contributed by atoms with E-state index in [9.17, 15) is 9.35 Å². The van der Waals surface area contributed by atoms with Gasteiger partial charge in [0.25, 0.3) is 5.89 Å². The first-order valence-corrected chi connectivity index (χ1v) is 10.0. The summed E-state index contributed by atoms with van der Waals surface area (Å²) in [4.78, 5) is 11.5. The van der Waals surface area contributed by atoms with Gasteiger partial charge in [-0.15, -0.1) is 10.2 Å². The van der Waals surface area contributed by atoms with Crippen molar-refractivity contribution in [1.29, 1.82) is 0 Å². The van der Waals surface area contributed by atoms with Crippen LogP contribution < -0.4 is 0 Å². The second-order valence-corrected chi connectivity index (χ2v) is 7.52. The second-order valence-electron chi connectivity index (χ2n) is 5.95. The molecule has 0 saturated carbocycles. The van der Waals surface area contributed by atoms with Gasteiger partial charge in [-0.2, -0.15) is 0 Å². The van der Waals surface area contributed by atoms with Gasteiger partial charge in [-0.05, 0) is 53.8 Å². The highest BCUT2D eigenvalue weighted by atomic mass is 32.2. The smallest absolute Gasteiger partial charge is 0.337 e. The lowest BCUT2D eigenvalue weighted by molar-refractivity contribution is 0.0600. The average molecular weight is 384 g/mol. The largest absolute Gasteiger partial charge is 0.616 e. The minimum Gasteiger partial charge on any atom is -0.616 e. The van der Waals surface area contributed by atoms with E-state index in [1.54, 1.807) is 24.3 Å². The third-order valence-electron chi connectivity index (χ3n) is 3.98. The number of aromatic nitrogens is 2. The molecule has 7 heteroatoms. The molecule has 0 fully saturated rings. The van der Waals surface area contributed by atoms with Crippen molar-refractivity contribution in [1.82, 2.24) is 10.2 Å². The number of nitrogens with zero attached hydrogens (tertiary/aromatic N) is 2. The summed E-state index contributed by atoms with van der Waals surface area (Å²) in [5.41, 5.74) is 2.38. The van der Waals surface area contributed by atoms with E-state index in [2.05, 4.69) is 27.1 Å². The number of benzene rings is 2. The number of hydrogen-bond acceptors (Lipinski definition) is 6. The molecule has 0 aliphatic carbocycles. The van der Waals surface area contributed by atoms with Gasteiger partial charge in [0.1, 0.15) is 5.75 Å². The minimum atomic E-state index is -1.06. The van der Waals surface area contributed by atoms with Gasteiger partial charge in [0.15, 0.2) is 5.75 Å². The molecule has 0 aliphatic heterocycles. The quantitative estimate of drug-likeness (QED) is 0.437. The summed E-state index contributed by atoms with van der Waals surface area (Å²) in [6.45, 7) is 0. The molecule has 2 aromatic carbocycles. The summed E-state index contributed by atoms with van der Waals surface area (Å²) in [6, 6.07) is 16.8. The Labute approximate surface area is 160 Å². The Bertz CT molecular complexity index is 865. The molecule has 0 spiro atoms. The van der Waals surface area contributed by atoms with Crippen LogP contribution in [0.4, 0.5) is 0 Å². The normalized spacial score (nSPS) is 11.9. The average Bonchev–Trinajstić information content (AvgIpc) is 3.16. The predicted molar refractivity (Wildman–Crippen MR) is 103 cm³/mol. The van der Waals surface area contributed by atoms with Gasteiger partial charge < -0.3 is 13.7 Å². The third kappa shape index (κ3) is 5.42. The number of carbonyl (C=O) groups excluding carboxylic acids is 1. The molecular formula is C20H20N2O4S. The molecule has 0 aliphatic rings. The monoisotopic (exact) mass is 384 g/mol. The van der Waals surface area contributed by atoms with Crippen LogP contribution in [-0.4, -0.2) is 33.6 Å². The SMILES string of the molecule is COC(=O)c1ccc(-c2nnc(C[S+]([O-])CCCc3ccccc3)o2)cc1. The van der Waals surface area contributed by atoms with Gasteiger partial charge in [-0.3, -0.25) is 0 Å². The van der Waals surface area contributed by atoms with Gasteiger partial charge in [-0.1, -0.05) is 30.3 Å². The molecule has 0 bridgehead atoms. The predicted octanol–water partition coefficient (Wildman–Crippen LogP) is 3.40. The topological polar surface area (TPSA) is 88.3 Å². The van der Waals surface area contributed by atoms with E-state index in [0.717, 1.165) is 12.8 Å². The Morgan fingerprint density at radius 2 is 1.85 bits per heavy atom. The lowest BCUT2D eigenvalue weighted by atomic mass is 10.1. The molecule has 3 aromatic rings. The van der Waals surface area contributed by atoms with Crippen molar-refractivity contribution in [2.45, 2.75) is 18.6 Å². The summed E-state index contributed by atoms with van der Waals surface area (Å²) in [6.07, 6.45) is 1.74. The van der Waals surface area contributed by atoms with Gasteiger partial charge >= 0.3 is 5.97 Å². The third-order valence-corrected chi connectivity index (χ3v) is 5.30. The second kappa shape index (κ2) is 9.34. The van der Waals surface area contributed by atoms with Crippen molar-refractivity contribution in [3.63, 3.8) is 0 Å². The molecule has 0 N–H and O–H groups in total. The Kier molecular flexibility index (Phi) is 6.62. The zero-order chi connectivity index (χ0) is 19.1. The van der Waals surface area contributed by atoms with Crippen molar-refractivity contribution in [2.75, 3.05) is 12.9 Å². The number of rotatable bonds is 8.